The first-order valence-electron chi connectivity index (χ1n) is 9.16. The van der Waals surface area contributed by atoms with Crippen molar-refractivity contribution in [3.63, 3.8) is 0 Å². The van der Waals surface area contributed by atoms with Crippen molar-refractivity contribution < 1.29 is 29.0 Å². The van der Waals surface area contributed by atoms with Crippen LogP contribution in [0.2, 0.25) is 0 Å². The van der Waals surface area contributed by atoms with Crippen LogP contribution in [0.5, 0.6) is 11.5 Å². The number of phenols is 1. The van der Waals surface area contributed by atoms with Crippen molar-refractivity contribution in [1.29, 1.82) is 0 Å². The molecule has 1 aromatic carbocycles. The number of amides is 2. The predicted molar refractivity (Wildman–Crippen MR) is 107 cm³/mol. The molecule has 1 heterocycles. The molecule has 4 N–H and O–H groups in total. The van der Waals surface area contributed by atoms with Crippen LogP contribution >= 0.6 is 0 Å². The van der Waals surface area contributed by atoms with E-state index < -0.39 is 40.7 Å². The molecule has 2 amide bonds. The molecule has 0 unspecified atom stereocenters. The Kier molecular flexibility index (Phi) is 6.41. The first kappa shape index (κ1) is 22.1. The third kappa shape index (κ3) is 5.87. The van der Waals surface area contributed by atoms with E-state index in [2.05, 4.69) is 10.6 Å². The number of phenolic OH excluding ortho intramolecular Hbond substituents is 1. The lowest BCUT2D eigenvalue weighted by molar-refractivity contribution is -0.118. The van der Waals surface area contributed by atoms with Gasteiger partial charge in [-0.2, -0.15) is 0 Å². The third-order valence-electron chi connectivity index (χ3n) is 3.83. The fraction of sp³-hybridized carbons (Fsp3) is 0.450. The summed E-state index contributed by atoms with van der Waals surface area (Å²) in [5.74, 6) is -1.30. The zero-order chi connectivity index (χ0) is 21.9. The van der Waals surface area contributed by atoms with Crippen LogP contribution in [0.3, 0.4) is 0 Å². The van der Waals surface area contributed by atoms with Gasteiger partial charge >= 0.3 is 11.7 Å². The highest BCUT2D eigenvalue weighted by Crippen LogP contribution is 2.31. The normalized spacial score (nSPS) is 12.6. The average molecular weight is 406 g/mol. The highest BCUT2D eigenvalue weighted by atomic mass is 16.6. The van der Waals surface area contributed by atoms with Crippen LogP contribution in [-0.4, -0.2) is 33.9 Å². The number of carbonyl (C=O) groups is 2. The molecular formula is C20H26N2O7. The zero-order valence-electron chi connectivity index (χ0n) is 17.0. The smallest absolute Gasteiger partial charge is 0.408 e. The standard InChI is InChI=1S/C20H26N2O7/c1-10(2)8-13(21-19(27)29-20(3,4)5)17(25)22-15-16(24)12-7-6-11(23)9-14(12)28-18(15)26/h6-7,9-10,13,23-24H,8H2,1-5H3,(H,21,27)(H,22,25)/t13-/m0/s1. The highest BCUT2D eigenvalue weighted by Gasteiger charge is 2.27. The summed E-state index contributed by atoms with van der Waals surface area (Å²) < 4.78 is 10.2. The SMILES string of the molecule is CC(C)C[C@H](NC(=O)OC(C)(C)C)C(=O)Nc1c(O)c2ccc(O)cc2oc1=O. The second kappa shape index (κ2) is 8.42. The second-order valence-electron chi connectivity index (χ2n) is 8.11. The molecular weight excluding hydrogens is 380 g/mol. The Hall–Kier alpha value is -3.23. The number of rotatable bonds is 5. The number of carbonyl (C=O) groups excluding carboxylic acids is 2. The molecule has 0 fully saturated rings. The summed E-state index contributed by atoms with van der Waals surface area (Å²) in [6, 6.07) is 2.83. The van der Waals surface area contributed by atoms with Crippen LogP contribution in [0.1, 0.15) is 41.0 Å². The molecule has 9 heteroatoms. The van der Waals surface area contributed by atoms with Gasteiger partial charge < -0.3 is 30.0 Å². The molecule has 0 saturated heterocycles. The maximum atomic E-state index is 12.7. The lowest BCUT2D eigenvalue weighted by Gasteiger charge is -2.24. The van der Waals surface area contributed by atoms with E-state index in [1.165, 1.54) is 18.2 Å². The van der Waals surface area contributed by atoms with Crippen LogP contribution in [0.15, 0.2) is 27.4 Å². The number of benzene rings is 1. The maximum absolute atomic E-state index is 12.7. The molecule has 0 bridgehead atoms. The minimum atomic E-state index is -1.00. The summed E-state index contributed by atoms with van der Waals surface area (Å²) in [7, 11) is 0. The summed E-state index contributed by atoms with van der Waals surface area (Å²) in [5, 5.41) is 24.8. The van der Waals surface area contributed by atoms with Crippen LogP contribution in [0.25, 0.3) is 11.0 Å². The fourth-order valence-corrected chi connectivity index (χ4v) is 2.65. The average Bonchev–Trinajstić information content (AvgIpc) is 2.55. The minimum absolute atomic E-state index is 0.0314. The monoisotopic (exact) mass is 406 g/mol. The largest absolute Gasteiger partial charge is 0.508 e. The van der Waals surface area contributed by atoms with Gasteiger partial charge in [0.25, 0.3) is 0 Å². The van der Waals surface area contributed by atoms with Gasteiger partial charge in [0.05, 0.1) is 5.39 Å². The number of ether oxygens (including phenoxy) is 1. The topological polar surface area (TPSA) is 138 Å². The predicted octanol–water partition coefficient (Wildman–Crippen LogP) is 3.08. The molecule has 9 nitrogen and oxygen atoms in total. The molecule has 1 aromatic heterocycles. The number of hydrogen-bond acceptors (Lipinski definition) is 7. The van der Waals surface area contributed by atoms with E-state index in [-0.39, 0.29) is 29.1 Å². The van der Waals surface area contributed by atoms with E-state index in [4.69, 9.17) is 9.15 Å². The van der Waals surface area contributed by atoms with Crippen molar-refractivity contribution in [2.24, 2.45) is 5.92 Å². The van der Waals surface area contributed by atoms with Gasteiger partial charge in [-0.25, -0.2) is 9.59 Å². The Morgan fingerprint density at radius 3 is 2.45 bits per heavy atom. The summed E-state index contributed by atoms with van der Waals surface area (Å²) in [6.07, 6.45) is -0.498. The summed E-state index contributed by atoms with van der Waals surface area (Å²) >= 11 is 0. The van der Waals surface area contributed by atoms with Crippen molar-refractivity contribution in [2.75, 3.05) is 5.32 Å². The molecule has 0 saturated carbocycles. The molecule has 2 rings (SSSR count). The molecule has 0 aliphatic rings. The van der Waals surface area contributed by atoms with Gasteiger partial charge in [-0.3, -0.25) is 4.79 Å². The quantitative estimate of drug-likeness (QED) is 0.560. The third-order valence-corrected chi connectivity index (χ3v) is 3.83. The molecule has 0 aliphatic carbocycles. The summed E-state index contributed by atoms with van der Waals surface area (Å²) in [4.78, 5) is 37.0. The Balaban J connectivity index is 2.30. The number of alkyl carbamates (subject to hydrolysis) is 1. The lowest BCUT2D eigenvalue weighted by atomic mass is 10.0. The second-order valence-corrected chi connectivity index (χ2v) is 8.11. The molecule has 2 aromatic rings. The van der Waals surface area contributed by atoms with Gasteiger partial charge in [-0.15, -0.1) is 0 Å². The molecule has 0 spiro atoms. The van der Waals surface area contributed by atoms with Gasteiger partial charge in [-0.1, -0.05) is 13.8 Å². The number of nitrogens with one attached hydrogen (secondary N) is 2. The van der Waals surface area contributed by atoms with Gasteiger partial charge in [0.1, 0.15) is 23.0 Å². The highest BCUT2D eigenvalue weighted by molar-refractivity contribution is 6.00. The van der Waals surface area contributed by atoms with E-state index in [1.54, 1.807) is 20.8 Å². The van der Waals surface area contributed by atoms with Crippen LogP contribution in [0.4, 0.5) is 10.5 Å². The molecule has 158 valence electrons. The van der Waals surface area contributed by atoms with Crippen molar-refractivity contribution in [3.05, 3.63) is 28.6 Å². The summed E-state index contributed by atoms with van der Waals surface area (Å²) in [5.41, 5.74) is -2.22. The fourth-order valence-electron chi connectivity index (χ4n) is 2.65. The van der Waals surface area contributed by atoms with Crippen molar-refractivity contribution in [1.82, 2.24) is 5.32 Å². The summed E-state index contributed by atoms with van der Waals surface area (Å²) in [6.45, 7) is 8.82. The van der Waals surface area contributed by atoms with Crippen molar-refractivity contribution in [2.45, 2.75) is 52.7 Å². The molecule has 0 aliphatic heterocycles. The van der Waals surface area contributed by atoms with Crippen LogP contribution in [-0.2, 0) is 9.53 Å². The van der Waals surface area contributed by atoms with Gasteiger partial charge in [0, 0.05) is 6.07 Å². The Labute approximate surface area is 167 Å². The van der Waals surface area contributed by atoms with Crippen molar-refractivity contribution >= 4 is 28.7 Å². The van der Waals surface area contributed by atoms with E-state index in [1.807, 2.05) is 13.8 Å². The van der Waals surface area contributed by atoms with E-state index >= 15 is 0 Å². The lowest BCUT2D eigenvalue weighted by Crippen LogP contribution is -2.46. The Morgan fingerprint density at radius 2 is 1.86 bits per heavy atom. The number of anilines is 1. The van der Waals surface area contributed by atoms with Gasteiger partial charge in [0.2, 0.25) is 5.91 Å². The number of fused-ring (bicyclic) bond motifs is 1. The minimum Gasteiger partial charge on any atom is -0.508 e. The Bertz CT molecular complexity index is 973. The van der Waals surface area contributed by atoms with Crippen LogP contribution in [0, 0.1) is 5.92 Å². The van der Waals surface area contributed by atoms with E-state index in [9.17, 15) is 24.6 Å². The molecule has 1 atom stereocenters. The van der Waals surface area contributed by atoms with Crippen molar-refractivity contribution in [3.8, 4) is 11.5 Å². The van der Waals surface area contributed by atoms with Crippen LogP contribution < -0.4 is 16.3 Å². The van der Waals surface area contributed by atoms with Gasteiger partial charge in [-0.05, 0) is 45.2 Å². The van der Waals surface area contributed by atoms with E-state index in [0.29, 0.717) is 0 Å². The number of aromatic hydroxyl groups is 2. The molecule has 0 radical (unpaired) electrons. The Morgan fingerprint density at radius 1 is 1.21 bits per heavy atom. The first-order chi connectivity index (χ1) is 13.4. The maximum Gasteiger partial charge on any atom is 0.408 e. The molecule has 29 heavy (non-hydrogen) atoms. The first-order valence-corrected chi connectivity index (χ1v) is 9.16. The van der Waals surface area contributed by atoms with Gasteiger partial charge in [0.15, 0.2) is 11.4 Å². The van der Waals surface area contributed by atoms with E-state index in [0.717, 1.165) is 0 Å². The zero-order valence-corrected chi connectivity index (χ0v) is 17.0. The number of hydrogen-bond donors (Lipinski definition) is 4.